The zero-order chi connectivity index (χ0) is 24.1. The first-order valence-electron chi connectivity index (χ1n) is 10.1. The van der Waals surface area contributed by atoms with Crippen molar-refractivity contribution in [1.29, 1.82) is 0 Å². The summed E-state index contributed by atoms with van der Waals surface area (Å²) in [5, 5.41) is 12.2. The maximum absolute atomic E-state index is 14.0. The summed E-state index contributed by atoms with van der Waals surface area (Å²) < 4.78 is 67.6. The molecule has 1 aromatic heterocycles. The highest BCUT2D eigenvalue weighted by atomic mass is 32.2. The summed E-state index contributed by atoms with van der Waals surface area (Å²) in [6.07, 6.45) is -3.36. The molecule has 1 heterocycles. The van der Waals surface area contributed by atoms with Crippen LogP contribution in [0.2, 0.25) is 0 Å². The Balaban J connectivity index is 1.67. The molecular weight excluding hydrogens is 465 g/mol. The molecule has 5 rings (SSSR count). The molecule has 0 aliphatic rings. The van der Waals surface area contributed by atoms with Crippen LogP contribution in [0.1, 0.15) is 5.69 Å². The van der Waals surface area contributed by atoms with Gasteiger partial charge in [-0.3, -0.25) is 4.72 Å². The van der Waals surface area contributed by atoms with Crippen molar-refractivity contribution in [2.45, 2.75) is 6.18 Å². The number of hydrogen-bond donors (Lipinski definition) is 2. The number of benzene rings is 4. The van der Waals surface area contributed by atoms with Crippen LogP contribution in [0.15, 0.2) is 85.1 Å². The van der Waals surface area contributed by atoms with Gasteiger partial charge in [-0.05, 0) is 63.5 Å². The van der Waals surface area contributed by atoms with Crippen molar-refractivity contribution < 1.29 is 21.6 Å². The molecule has 0 radical (unpaired) electrons. The van der Waals surface area contributed by atoms with Gasteiger partial charge in [0.15, 0.2) is 5.69 Å². The molecule has 0 saturated carbocycles. The standard InChI is InChI=1S/C24H17F3N4O2S/c25-24(26,27)23-22(14-31(29-23)19-10-8-18(9-11-19)30-34(28,32)33)20-7-3-6-17-12-15-4-1-2-5-16(15)13-21(17)20/h1-14,30H,(H2,28,32,33). The summed E-state index contributed by atoms with van der Waals surface area (Å²) in [4.78, 5) is 0. The van der Waals surface area contributed by atoms with Crippen molar-refractivity contribution in [2.75, 3.05) is 4.72 Å². The van der Waals surface area contributed by atoms with E-state index in [-0.39, 0.29) is 11.3 Å². The van der Waals surface area contributed by atoms with Crippen molar-refractivity contribution in [3.63, 3.8) is 0 Å². The van der Waals surface area contributed by atoms with Gasteiger partial charge in [-0.25, -0.2) is 9.82 Å². The second-order valence-corrected chi connectivity index (χ2v) is 9.05. The Hall–Kier alpha value is -3.89. The fourth-order valence-corrected chi connectivity index (χ4v) is 4.43. The lowest BCUT2D eigenvalue weighted by Gasteiger charge is -2.10. The van der Waals surface area contributed by atoms with E-state index in [1.807, 2.05) is 42.5 Å². The molecule has 5 aromatic rings. The largest absolute Gasteiger partial charge is 0.435 e. The van der Waals surface area contributed by atoms with Crippen LogP contribution in [-0.4, -0.2) is 18.2 Å². The number of halogens is 3. The van der Waals surface area contributed by atoms with Gasteiger partial charge in [0.1, 0.15) is 0 Å². The smallest absolute Gasteiger partial charge is 0.271 e. The summed E-state index contributed by atoms with van der Waals surface area (Å²) in [6.45, 7) is 0. The van der Waals surface area contributed by atoms with Crippen LogP contribution >= 0.6 is 0 Å². The normalized spacial score (nSPS) is 12.4. The van der Waals surface area contributed by atoms with Gasteiger partial charge in [0.2, 0.25) is 0 Å². The van der Waals surface area contributed by atoms with E-state index in [1.54, 1.807) is 12.1 Å². The molecule has 4 aromatic carbocycles. The zero-order valence-electron chi connectivity index (χ0n) is 17.4. The Morgan fingerprint density at radius 3 is 2.12 bits per heavy atom. The number of alkyl halides is 3. The third-order valence-electron chi connectivity index (χ3n) is 5.41. The maximum atomic E-state index is 14.0. The first kappa shape index (κ1) is 21.9. The van der Waals surface area contributed by atoms with Crippen LogP contribution in [0.4, 0.5) is 18.9 Å². The van der Waals surface area contributed by atoms with Gasteiger partial charge in [0.05, 0.1) is 5.69 Å². The average molecular weight is 482 g/mol. The number of nitrogens with zero attached hydrogens (tertiary/aromatic N) is 2. The molecule has 0 fully saturated rings. The van der Waals surface area contributed by atoms with E-state index in [0.29, 0.717) is 16.6 Å². The van der Waals surface area contributed by atoms with E-state index < -0.39 is 22.1 Å². The third-order valence-corrected chi connectivity index (χ3v) is 5.93. The zero-order valence-corrected chi connectivity index (χ0v) is 18.2. The molecule has 3 N–H and O–H groups in total. The first-order valence-corrected chi connectivity index (χ1v) is 11.6. The molecule has 172 valence electrons. The van der Waals surface area contributed by atoms with Crippen molar-refractivity contribution in [2.24, 2.45) is 5.14 Å². The lowest BCUT2D eigenvalue weighted by molar-refractivity contribution is -0.140. The summed E-state index contributed by atoms with van der Waals surface area (Å²) in [5.74, 6) is 0. The van der Waals surface area contributed by atoms with Crippen LogP contribution < -0.4 is 9.86 Å². The molecule has 0 aliphatic carbocycles. The summed E-state index contributed by atoms with van der Waals surface area (Å²) in [7, 11) is -3.97. The van der Waals surface area contributed by atoms with E-state index in [0.717, 1.165) is 20.8 Å². The highest BCUT2D eigenvalue weighted by molar-refractivity contribution is 7.90. The number of anilines is 1. The number of nitrogens with two attached hydrogens (primary N) is 1. The molecule has 0 bridgehead atoms. The maximum Gasteiger partial charge on any atom is 0.435 e. The molecule has 0 amide bonds. The highest BCUT2D eigenvalue weighted by Gasteiger charge is 2.38. The minimum Gasteiger partial charge on any atom is -0.271 e. The number of hydrogen-bond acceptors (Lipinski definition) is 3. The molecule has 6 nitrogen and oxygen atoms in total. The molecule has 0 atom stereocenters. The van der Waals surface area contributed by atoms with E-state index in [4.69, 9.17) is 5.14 Å². The Morgan fingerprint density at radius 2 is 1.47 bits per heavy atom. The molecule has 0 spiro atoms. The Morgan fingerprint density at radius 1 is 0.824 bits per heavy atom. The number of aromatic nitrogens is 2. The van der Waals surface area contributed by atoms with E-state index in [2.05, 4.69) is 9.82 Å². The number of rotatable bonds is 4. The summed E-state index contributed by atoms with van der Waals surface area (Å²) >= 11 is 0. The molecule has 10 heteroatoms. The van der Waals surface area contributed by atoms with Crippen LogP contribution in [-0.2, 0) is 16.4 Å². The Labute approximate surface area is 192 Å². The van der Waals surface area contributed by atoms with Crippen LogP contribution in [0, 0.1) is 0 Å². The quantitative estimate of drug-likeness (QED) is 0.333. The minimum atomic E-state index is -4.69. The summed E-state index contributed by atoms with van der Waals surface area (Å²) in [5.41, 5.74) is -0.160. The van der Waals surface area contributed by atoms with Crippen LogP contribution in [0.25, 0.3) is 38.4 Å². The van der Waals surface area contributed by atoms with Gasteiger partial charge >= 0.3 is 6.18 Å². The Kier molecular flexibility index (Phi) is 5.07. The van der Waals surface area contributed by atoms with Crippen molar-refractivity contribution in [3.05, 3.63) is 90.8 Å². The number of nitrogens with one attached hydrogen (secondary N) is 1. The fraction of sp³-hybridized carbons (Fsp3) is 0.0417. The molecule has 0 unspecified atom stereocenters. The van der Waals surface area contributed by atoms with Crippen molar-refractivity contribution >= 4 is 37.4 Å². The topological polar surface area (TPSA) is 90.0 Å². The second kappa shape index (κ2) is 7.86. The third kappa shape index (κ3) is 4.20. The van der Waals surface area contributed by atoms with Crippen LogP contribution in [0.5, 0.6) is 0 Å². The van der Waals surface area contributed by atoms with Gasteiger partial charge in [-0.2, -0.15) is 26.7 Å². The van der Waals surface area contributed by atoms with Crippen molar-refractivity contribution in [3.8, 4) is 16.8 Å². The predicted octanol–water partition coefficient (Wildman–Crippen LogP) is 5.48. The van der Waals surface area contributed by atoms with E-state index in [1.165, 1.54) is 30.5 Å². The molecule has 34 heavy (non-hydrogen) atoms. The van der Waals surface area contributed by atoms with Gasteiger partial charge in [-0.15, -0.1) is 0 Å². The van der Waals surface area contributed by atoms with Gasteiger partial charge in [0, 0.05) is 17.4 Å². The number of fused-ring (bicyclic) bond motifs is 2. The minimum absolute atomic E-state index is 0.0554. The van der Waals surface area contributed by atoms with E-state index >= 15 is 0 Å². The lowest BCUT2D eigenvalue weighted by Crippen LogP contribution is -2.21. The monoisotopic (exact) mass is 482 g/mol. The average Bonchev–Trinajstić information content (AvgIpc) is 3.22. The van der Waals surface area contributed by atoms with Gasteiger partial charge < -0.3 is 0 Å². The molecule has 0 aliphatic heterocycles. The lowest BCUT2D eigenvalue weighted by atomic mass is 9.96. The van der Waals surface area contributed by atoms with Gasteiger partial charge in [0.25, 0.3) is 10.2 Å². The SMILES string of the molecule is NS(=O)(=O)Nc1ccc(-n2cc(-c3cccc4cc5ccccc5cc34)c(C(F)(F)F)n2)cc1. The fourth-order valence-electron chi connectivity index (χ4n) is 3.96. The van der Waals surface area contributed by atoms with Crippen molar-refractivity contribution in [1.82, 2.24) is 9.78 Å². The Bertz CT molecular complexity index is 1640. The van der Waals surface area contributed by atoms with E-state index in [9.17, 15) is 21.6 Å². The van der Waals surface area contributed by atoms with Gasteiger partial charge in [-0.1, -0.05) is 42.5 Å². The highest BCUT2D eigenvalue weighted by Crippen LogP contribution is 2.40. The second-order valence-electron chi connectivity index (χ2n) is 7.75. The molecular formula is C24H17F3N4O2S. The summed E-state index contributed by atoms with van der Waals surface area (Å²) in [6, 6.07) is 22.4. The van der Waals surface area contributed by atoms with Crippen LogP contribution in [0.3, 0.4) is 0 Å². The predicted molar refractivity (Wildman–Crippen MR) is 126 cm³/mol. The molecule has 0 saturated heterocycles. The first-order chi connectivity index (χ1) is 16.1.